The molecule has 0 saturated carbocycles. The minimum Gasteiger partial charge on any atom is -0.456 e. The molecule has 3 heteroatoms. The Bertz CT molecular complexity index is 2810. The number of hydrogen-bond donors (Lipinski definition) is 0. The van der Waals surface area contributed by atoms with Crippen molar-refractivity contribution in [1.82, 2.24) is 4.57 Å². The van der Waals surface area contributed by atoms with Crippen molar-refractivity contribution in [3.05, 3.63) is 194 Å². The van der Waals surface area contributed by atoms with Gasteiger partial charge < -0.3 is 13.9 Å². The third-order valence-electron chi connectivity index (χ3n) is 10.00. The lowest BCUT2D eigenvalue weighted by Gasteiger charge is -2.28. The maximum absolute atomic E-state index is 6.35. The molecular formula is C48H32N2O. The molecule has 0 N–H and O–H groups in total. The molecule has 0 aliphatic rings. The fraction of sp³-hybridized carbons (Fsp3) is 0. The SMILES string of the molecule is c1ccc(-c2ccc(N(c3cccc(-n4c5ccccc5c5ccccc54)c3)c3ccccc3-c3cccc4oc5ccccc5c34)cc2)cc1. The van der Waals surface area contributed by atoms with Crippen molar-refractivity contribution in [2.24, 2.45) is 0 Å². The van der Waals surface area contributed by atoms with Gasteiger partial charge in [0.25, 0.3) is 0 Å². The topological polar surface area (TPSA) is 21.3 Å². The van der Waals surface area contributed by atoms with E-state index < -0.39 is 0 Å². The summed E-state index contributed by atoms with van der Waals surface area (Å²) in [6.07, 6.45) is 0. The van der Waals surface area contributed by atoms with Gasteiger partial charge in [0.05, 0.1) is 16.7 Å². The monoisotopic (exact) mass is 652 g/mol. The van der Waals surface area contributed by atoms with E-state index in [0.717, 1.165) is 55.8 Å². The second-order valence-corrected chi connectivity index (χ2v) is 12.9. The van der Waals surface area contributed by atoms with Gasteiger partial charge in [-0.25, -0.2) is 0 Å². The average molecular weight is 653 g/mol. The standard InChI is InChI=1S/C48H32N2O/c1-2-14-33(15-3-1)34-28-30-35(31-29-34)49(36-16-12-17-37(32-36)50-44-24-9-4-18-38(44)39-19-5-10-25-45(39)50)43-23-8-6-20-40(43)41-22-13-27-47-48(41)42-21-7-11-26-46(42)51-47/h1-32H. The molecule has 0 aliphatic carbocycles. The third-order valence-corrected chi connectivity index (χ3v) is 10.00. The zero-order valence-corrected chi connectivity index (χ0v) is 27.8. The molecule has 2 heterocycles. The number of aromatic nitrogens is 1. The molecule has 0 unspecified atom stereocenters. The lowest BCUT2D eigenvalue weighted by atomic mass is 9.96. The lowest BCUT2D eigenvalue weighted by Crippen LogP contribution is -2.12. The molecule has 240 valence electrons. The highest BCUT2D eigenvalue weighted by atomic mass is 16.3. The first kappa shape index (κ1) is 29.1. The second kappa shape index (κ2) is 11.9. The Morgan fingerprint density at radius 1 is 0.392 bits per heavy atom. The molecule has 0 amide bonds. The van der Waals surface area contributed by atoms with Crippen molar-refractivity contribution in [3.63, 3.8) is 0 Å². The number of para-hydroxylation sites is 4. The number of benzene rings is 8. The van der Waals surface area contributed by atoms with Crippen molar-refractivity contribution in [2.45, 2.75) is 0 Å². The molecular weight excluding hydrogens is 621 g/mol. The van der Waals surface area contributed by atoms with Crippen LogP contribution in [-0.2, 0) is 0 Å². The van der Waals surface area contributed by atoms with E-state index >= 15 is 0 Å². The number of rotatable bonds is 6. The summed E-state index contributed by atoms with van der Waals surface area (Å²) in [6.45, 7) is 0. The summed E-state index contributed by atoms with van der Waals surface area (Å²) in [4.78, 5) is 2.39. The highest BCUT2D eigenvalue weighted by Gasteiger charge is 2.21. The maximum atomic E-state index is 6.35. The van der Waals surface area contributed by atoms with Crippen LogP contribution in [0.5, 0.6) is 0 Å². The van der Waals surface area contributed by atoms with Crippen molar-refractivity contribution in [2.75, 3.05) is 4.90 Å². The molecule has 10 aromatic rings. The first-order valence-corrected chi connectivity index (χ1v) is 17.4. The van der Waals surface area contributed by atoms with Crippen LogP contribution in [0.3, 0.4) is 0 Å². The van der Waals surface area contributed by atoms with Crippen molar-refractivity contribution in [1.29, 1.82) is 0 Å². The van der Waals surface area contributed by atoms with Gasteiger partial charge >= 0.3 is 0 Å². The van der Waals surface area contributed by atoms with Crippen molar-refractivity contribution < 1.29 is 4.42 Å². The van der Waals surface area contributed by atoms with Gasteiger partial charge in [0, 0.05) is 44.2 Å². The summed E-state index contributed by atoms with van der Waals surface area (Å²) in [5.41, 5.74) is 13.1. The van der Waals surface area contributed by atoms with Gasteiger partial charge in [-0.15, -0.1) is 0 Å². The van der Waals surface area contributed by atoms with Crippen LogP contribution in [0.2, 0.25) is 0 Å². The summed E-state index contributed by atoms with van der Waals surface area (Å²) in [7, 11) is 0. The van der Waals surface area contributed by atoms with Crippen LogP contribution in [0, 0.1) is 0 Å². The van der Waals surface area contributed by atoms with Gasteiger partial charge in [0.1, 0.15) is 11.2 Å². The van der Waals surface area contributed by atoms with Crippen LogP contribution in [0.25, 0.3) is 71.7 Å². The molecule has 3 nitrogen and oxygen atoms in total. The second-order valence-electron chi connectivity index (χ2n) is 12.9. The fourth-order valence-corrected chi connectivity index (χ4v) is 7.73. The van der Waals surface area contributed by atoms with Crippen LogP contribution < -0.4 is 4.90 Å². The van der Waals surface area contributed by atoms with Crippen LogP contribution in [0.4, 0.5) is 17.1 Å². The van der Waals surface area contributed by atoms with E-state index in [2.05, 4.69) is 191 Å². The van der Waals surface area contributed by atoms with E-state index in [9.17, 15) is 0 Å². The Morgan fingerprint density at radius 2 is 0.980 bits per heavy atom. The first-order valence-electron chi connectivity index (χ1n) is 17.4. The zero-order chi connectivity index (χ0) is 33.7. The highest BCUT2D eigenvalue weighted by molar-refractivity contribution is 6.14. The predicted molar refractivity (Wildman–Crippen MR) is 214 cm³/mol. The molecule has 10 rings (SSSR count). The van der Waals surface area contributed by atoms with E-state index in [1.54, 1.807) is 0 Å². The van der Waals surface area contributed by atoms with Gasteiger partial charge in [-0.3, -0.25) is 0 Å². The summed E-state index contributed by atoms with van der Waals surface area (Å²) in [5, 5.41) is 4.74. The summed E-state index contributed by atoms with van der Waals surface area (Å²) >= 11 is 0. The van der Waals surface area contributed by atoms with E-state index in [0.29, 0.717) is 0 Å². The van der Waals surface area contributed by atoms with Gasteiger partial charge in [-0.05, 0) is 77.4 Å². The van der Waals surface area contributed by atoms with Crippen LogP contribution >= 0.6 is 0 Å². The number of hydrogen-bond acceptors (Lipinski definition) is 2. The smallest absolute Gasteiger partial charge is 0.136 e. The van der Waals surface area contributed by atoms with Crippen LogP contribution in [0.1, 0.15) is 0 Å². The van der Waals surface area contributed by atoms with E-state index in [-0.39, 0.29) is 0 Å². The number of fused-ring (bicyclic) bond motifs is 6. The van der Waals surface area contributed by atoms with Gasteiger partial charge in [-0.1, -0.05) is 133 Å². The Labute approximate surface area is 295 Å². The lowest BCUT2D eigenvalue weighted by molar-refractivity contribution is 0.669. The minimum atomic E-state index is 0.885. The molecule has 2 aromatic heterocycles. The van der Waals surface area contributed by atoms with Gasteiger partial charge in [-0.2, -0.15) is 0 Å². The molecule has 0 fully saturated rings. The van der Waals surface area contributed by atoms with E-state index in [1.807, 2.05) is 12.1 Å². The third kappa shape index (κ3) is 4.82. The van der Waals surface area contributed by atoms with Gasteiger partial charge in [0.2, 0.25) is 0 Å². The van der Waals surface area contributed by atoms with Crippen molar-refractivity contribution >= 4 is 60.8 Å². The van der Waals surface area contributed by atoms with Crippen molar-refractivity contribution in [3.8, 4) is 27.9 Å². The molecule has 0 aliphatic heterocycles. The summed E-state index contributed by atoms with van der Waals surface area (Å²) in [6, 6.07) is 69.2. The molecule has 0 saturated heterocycles. The molecule has 0 radical (unpaired) electrons. The Balaban J connectivity index is 1.21. The molecule has 0 atom stereocenters. The Kier molecular flexibility index (Phi) is 6.81. The summed E-state index contributed by atoms with van der Waals surface area (Å²) < 4.78 is 8.73. The average Bonchev–Trinajstić information content (AvgIpc) is 3.75. The Hall–Kier alpha value is -6.84. The van der Waals surface area contributed by atoms with Gasteiger partial charge in [0.15, 0.2) is 0 Å². The first-order chi connectivity index (χ1) is 25.3. The molecule has 8 aromatic carbocycles. The normalized spacial score (nSPS) is 11.5. The largest absolute Gasteiger partial charge is 0.456 e. The fourth-order valence-electron chi connectivity index (χ4n) is 7.73. The minimum absolute atomic E-state index is 0.885. The predicted octanol–water partition coefficient (Wildman–Crippen LogP) is 13.5. The molecule has 0 bridgehead atoms. The highest BCUT2D eigenvalue weighted by Crippen LogP contribution is 2.45. The summed E-state index contributed by atoms with van der Waals surface area (Å²) in [5.74, 6) is 0. The molecule has 0 spiro atoms. The quantitative estimate of drug-likeness (QED) is 0.178. The zero-order valence-electron chi connectivity index (χ0n) is 27.8. The van der Waals surface area contributed by atoms with Crippen LogP contribution in [-0.4, -0.2) is 4.57 Å². The van der Waals surface area contributed by atoms with E-state index in [1.165, 1.54) is 32.9 Å². The van der Waals surface area contributed by atoms with E-state index in [4.69, 9.17) is 4.42 Å². The number of furan rings is 1. The van der Waals surface area contributed by atoms with Crippen LogP contribution in [0.15, 0.2) is 199 Å². The number of anilines is 3. The maximum Gasteiger partial charge on any atom is 0.136 e. The Morgan fingerprint density at radius 3 is 1.76 bits per heavy atom. The number of nitrogens with zero attached hydrogens (tertiary/aromatic N) is 2. The molecule has 51 heavy (non-hydrogen) atoms.